The van der Waals surface area contributed by atoms with Crippen molar-refractivity contribution in [3.8, 4) is 5.75 Å². The van der Waals surface area contributed by atoms with Gasteiger partial charge in [-0.15, -0.1) is 0 Å². The lowest BCUT2D eigenvalue weighted by molar-refractivity contribution is -0.123. The average Bonchev–Trinajstić information content (AvgIpc) is 3.34. The normalized spacial score (nSPS) is 24.3. The molecule has 7 nitrogen and oxygen atoms in total. The maximum Gasteiger partial charge on any atom is 0.276 e. The van der Waals surface area contributed by atoms with E-state index in [-0.39, 0.29) is 12.0 Å². The molecule has 3 fully saturated rings. The van der Waals surface area contributed by atoms with Crippen molar-refractivity contribution in [1.82, 2.24) is 15.1 Å². The van der Waals surface area contributed by atoms with Crippen LogP contribution < -0.4 is 10.1 Å². The molecule has 0 spiro atoms. The molecular formula is C21H27N3O4S. The van der Waals surface area contributed by atoms with Gasteiger partial charge < -0.3 is 19.5 Å². The van der Waals surface area contributed by atoms with Crippen molar-refractivity contribution in [1.29, 1.82) is 0 Å². The van der Waals surface area contributed by atoms with E-state index in [0.29, 0.717) is 24.0 Å². The highest BCUT2D eigenvalue weighted by molar-refractivity contribution is 7.80. The molecule has 3 aliphatic rings. The van der Waals surface area contributed by atoms with Gasteiger partial charge in [0, 0.05) is 26.2 Å². The lowest BCUT2D eigenvalue weighted by atomic mass is 10.2. The van der Waals surface area contributed by atoms with E-state index in [1.165, 1.54) is 0 Å². The van der Waals surface area contributed by atoms with Crippen LogP contribution in [0, 0.1) is 0 Å². The van der Waals surface area contributed by atoms with Gasteiger partial charge in [-0.1, -0.05) is 12.1 Å². The first-order chi connectivity index (χ1) is 14.2. The van der Waals surface area contributed by atoms with Gasteiger partial charge in [-0.25, -0.2) is 0 Å². The smallest absolute Gasteiger partial charge is 0.276 e. The summed E-state index contributed by atoms with van der Waals surface area (Å²) in [6, 6.07) is 7.73. The molecular weight excluding hydrogens is 390 g/mol. The fourth-order valence-corrected chi connectivity index (χ4v) is 3.94. The SMILES string of the molecule is O=C1/C(=C\c2ccc(OCCN3CCOCC3)cc2)NC(=S)N1CC1CCCO1. The summed E-state index contributed by atoms with van der Waals surface area (Å²) in [5.74, 6) is 0.720. The van der Waals surface area contributed by atoms with E-state index in [1.54, 1.807) is 4.90 Å². The predicted molar refractivity (Wildman–Crippen MR) is 114 cm³/mol. The van der Waals surface area contributed by atoms with E-state index in [2.05, 4.69) is 10.2 Å². The summed E-state index contributed by atoms with van der Waals surface area (Å²) in [7, 11) is 0. The fourth-order valence-electron chi connectivity index (χ4n) is 3.67. The van der Waals surface area contributed by atoms with Crippen molar-refractivity contribution in [3.63, 3.8) is 0 Å². The van der Waals surface area contributed by atoms with Crippen molar-refractivity contribution in [3.05, 3.63) is 35.5 Å². The zero-order valence-corrected chi connectivity index (χ0v) is 17.3. The van der Waals surface area contributed by atoms with Gasteiger partial charge >= 0.3 is 0 Å². The number of amides is 1. The minimum atomic E-state index is -0.101. The highest BCUT2D eigenvalue weighted by Gasteiger charge is 2.33. The summed E-state index contributed by atoms with van der Waals surface area (Å²) >= 11 is 5.33. The molecule has 4 rings (SSSR count). The van der Waals surface area contributed by atoms with Crippen LogP contribution >= 0.6 is 12.2 Å². The minimum Gasteiger partial charge on any atom is -0.492 e. The Morgan fingerprint density at radius 2 is 2.00 bits per heavy atom. The molecule has 0 radical (unpaired) electrons. The quantitative estimate of drug-likeness (QED) is 0.534. The van der Waals surface area contributed by atoms with Gasteiger partial charge in [0.05, 0.1) is 25.9 Å². The highest BCUT2D eigenvalue weighted by atomic mass is 32.1. The Bertz CT molecular complexity index is 756. The summed E-state index contributed by atoms with van der Waals surface area (Å²) in [5, 5.41) is 3.47. The van der Waals surface area contributed by atoms with Gasteiger partial charge in [0.1, 0.15) is 18.1 Å². The van der Waals surface area contributed by atoms with E-state index in [0.717, 1.165) is 63.6 Å². The van der Waals surface area contributed by atoms with Gasteiger partial charge in [-0.3, -0.25) is 14.6 Å². The lowest BCUT2D eigenvalue weighted by Gasteiger charge is -2.26. The number of thiocarbonyl (C=S) groups is 1. The van der Waals surface area contributed by atoms with Crippen molar-refractivity contribution in [2.24, 2.45) is 0 Å². The molecule has 3 saturated heterocycles. The second-order valence-electron chi connectivity index (χ2n) is 7.41. The molecule has 156 valence electrons. The number of hydrogen-bond acceptors (Lipinski definition) is 6. The summed E-state index contributed by atoms with van der Waals surface area (Å²) in [4.78, 5) is 16.6. The summed E-state index contributed by atoms with van der Waals surface area (Å²) < 4.78 is 16.8. The first-order valence-electron chi connectivity index (χ1n) is 10.2. The molecule has 1 N–H and O–H groups in total. The van der Waals surface area contributed by atoms with Crippen molar-refractivity contribution < 1.29 is 19.0 Å². The van der Waals surface area contributed by atoms with Crippen molar-refractivity contribution in [2.45, 2.75) is 18.9 Å². The predicted octanol–water partition coefficient (Wildman–Crippen LogP) is 1.63. The van der Waals surface area contributed by atoms with Gasteiger partial charge in [0.15, 0.2) is 5.11 Å². The Morgan fingerprint density at radius 1 is 1.21 bits per heavy atom. The van der Waals surface area contributed by atoms with E-state index in [4.69, 9.17) is 26.4 Å². The van der Waals surface area contributed by atoms with Gasteiger partial charge in [0.2, 0.25) is 0 Å². The second kappa shape index (κ2) is 9.67. The molecule has 0 saturated carbocycles. The van der Waals surface area contributed by atoms with Gasteiger partial charge in [-0.05, 0) is 48.8 Å². The van der Waals surface area contributed by atoms with E-state index in [1.807, 2.05) is 30.3 Å². The summed E-state index contributed by atoms with van der Waals surface area (Å²) in [6.07, 6.45) is 3.91. The van der Waals surface area contributed by atoms with Gasteiger partial charge in [-0.2, -0.15) is 0 Å². The zero-order chi connectivity index (χ0) is 20.1. The molecule has 1 unspecified atom stereocenters. The van der Waals surface area contributed by atoms with Crippen LogP contribution in [0.4, 0.5) is 0 Å². The third-order valence-corrected chi connectivity index (χ3v) is 5.67. The number of nitrogens with one attached hydrogen (secondary N) is 1. The number of ether oxygens (including phenoxy) is 3. The van der Waals surface area contributed by atoms with Crippen molar-refractivity contribution in [2.75, 3.05) is 52.6 Å². The Balaban J connectivity index is 1.29. The molecule has 0 bridgehead atoms. The van der Waals surface area contributed by atoms with Crippen LogP contribution in [0.1, 0.15) is 18.4 Å². The summed E-state index contributed by atoms with van der Waals surface area (Å²) in [5.41, 5.74) is 1.41. The van der Waals surface area contributed by atoms with Crippen LogP contribution in [-0.2, 0) is 14.3 Å². The maximum atomic E-state index is 12.7. The number of benzene rings is 1. The Morgan fingerprint density at radius 3 is 2.72 bits per heavy atom. The third-order valence-electron chi connectivity index (χ3n) is 5.34. The van der Waals surface area contributed by atoms with E-state index < -0.39 is 0 Å². The number of carbonyl (C=O) groups excluding carboxylic acids is 1. The second-order valence-corrected chi connectivity index (χ2v) is 7.80. The largest absolute Gasteiger partial charge is 0.492 e. The Labute approximate surface area is 176 Å². The highest BCUT2D eigenvalue weighted by Crippen LogP contribution is 2.20. The van der Waals surface area contributed by atoms with Crippen LogP contribution in [0.25, 0.3) is 6.08 Å². The van der Waals surface area contributed by atoms with E-state index >= 15 is 0 Å². The van der Waals surface area contributed by atoms with E-state index in [9.17, 15) is 4.79 Å². The maximum absolute atomic E-state index is 12.7. The number of hydrogen-bond donors (Lipinski definition) is 1. The van der Waals surface area contributed by atoms with Crippen LogP contribution in [0.3, 0.4) is 0 Å². The van der Waals surface area contributed by atoms with Crippen LogP contribution in [0.2, 0.25) is 0 Å². The molecule has 3 heterocycles. The number of carbonyl (C=O) groups is 1. The number of rotatable bonds is 7. The Hall–Kier alpha value is -2.00. The van der Waals surface area contributed by atoms with Crippen LogP contribution in [-0.4, -0.2) is 79.5 Å². The minimum absolute atomic E-state index is 0.0759. The number of morpholine rings is 1. The topological polar surface area (TPSA) is 63.3 Å². The molecule has 0 aliphatic carbocycles. The monoisotopic (exact) mass is 417 g/mol. The molecule has 3 aliphatic heterocycles. The zero-order valence-electron chi connectivity index (χ0n) is 16.5. The van der Waals surface area contributed by atoms with Crippen LogP contribution in [0.15, 0.2) is 30.0 Å². The molecule has 29 heavy (non-hydrogen) atoms. The molecule has 1 atom stereocenters. The third kappa shape index (κ3) is 5.33. The summed E-state index contributed by atoms with van der Waals surface area (Å²) in [6.45, 7) is 6.33. The molecule has 1 aromatic rings. The van der Waals surface area contributed by atoms with Crippen molar-refractivity contribution >= 4 is 29.3 Å². The fraction of sp³-hybridized carbons (Fsp3) is 0.524. The lowest BCUT2D eigenvalue weighted by Crippen LogP contribution is -2.38. The molecule has 0 aromatic heterocycles. The first kappa shape index (κ1) is 20.3. The van der Waals surface area contributed by atoms with Gasteiger partial charge in [0.25, 0.3) is 5.91 Å². The molecule has 8 heteroatoms. The molecule has 1 amide bonds. The number of nitrogens with zero attached hydrogens (tertiary/aromatic N) is 2. The first-order valence-corrected chi connectivity index (χ1v) is 10.6. The van der Waals surface area contributed by atoms with Crippen LogP contribution in [0.5, 0.6) is 5.75 Å². The average molecular weight is 418 g/mol. The molecule has 1 aromatic carbocycles. The Kier molecular flexibility index (Phi) is 6.76. The standard InChI is InChI=1S/C21H27N3O4S/c25-20-19(22-21(29)24(20)15-18-2-1-10-27-18)14-16-3-5-17(6-4-16)28-13-9-23-7-11-26-12-8-23/h3-6,14,18H,1-2,7-13,15H2,(H,22,29)/b19-14+.